The minimum absolute atomic E-state index is 0.0679. The van der Waals surface area contributed by atoms with E-state index >= 15 is 0 Å². The van der Waals surface area contributed by atoms with Crippen LogP contribution in [0.5, 0.6) is 0 Å². The number of hydrogen-bond acceptors (Lipinski definition) is 4. The van der Waals surface area contributed by atoms with E-state index in [1.54, 1.807) is 0 Å². The smallest absolute Gasteiger partial charge is 0.319 e. The van der Waals surface area contributed by atoms with Gasteiger partial charge in [0.05, 0.1) is 13.2 Å². The monoisotopic (exact) mass is 377 g/mol. The summed E-state index contributed by atoms with van der Waals surface area (Å²) in [5, 5.41) is 6.26. The van der Waals surface area contributed by atoms with E-state index in [2.05, 4.69) is 41.5 Å². The fourth-order valence-electron chi connectivity index (χ4n) is 3.88. The third-order valence-electron chi connectivity index (χ3n) is 5.51. The summed E-state index contributed by atoms with van der Waals surface area (Å²) in [5.41, 5.74) is 3.30. The number of nitrogens with zero attached hydrogens (tertiary/aromatic N) is 1. The summed E-state index contributed by atoms with van der Waals surface area (Å²) in [4.78, 5) is 15.2. The van der Waals surface area contributed by atoms with Crippen molar-refractivity contribution in [1.82, 2.24) is 10.2 Å². The van der Waals surface area contributed by atoms with E-state index < -0.39 is 0 Å². The number of thioether (sulfide) groups is 1. The van der Waals surface area contributed by atoms with Crippen LogP contribution < -0.4 is 10.6 Å². The molecule has 1 atom stereocenters. The van der Waals surface area contributed by atoms with Crippen LogP contribution in [0, 0.1) is 6.92 Å². The molecule has 2 saturated heterocycles. The zero-order valence-corrected chi connectivity index (χ0v) is 17.0. The summed E-state index contributed by atoms with van der Waals surface area (Å²) in [5.74, 6) is 2.61. The number of morpholine rings is 1. The Hall–Kier alpha value is -1.24. The molecule has 0 spiro atoms. The number of rotatable bonds is 5. The van der Waals surface area contributed by atoms with E-state index in [-0.39, 0.29) is 11.6 Å². The van der Waals surface area contributed by atoms with E-state index in [0.717, 1.165) is 55.5 Å². The summed E-state index contributed by atoms with van der Waals surface area (Å²) < 4.78 is 5.51. The number of carbonyl (C=O) groups excluding carboxylic acids is 1. The molecule has 0 aliphatic carbocycles. The summed E-state index contributed by atoms with van der Waals surface area (Å²) >= 11 is 1.98. The van der Waals surface area contributed by atoms with Gasteiger partial charge in [0.1, 0.15) is 0 Å². The Morgan fingerprint density at radius 3 is 2.77 bits per heavy atom. The van der Waals surface area contributed by atoms with E-state index in [4.69, 9.17) is 4.74 Å². The van der Waals surface area contributed by atoms with Gasteiger partial charge in [-0.25, -0.2) is 4.79 Å². The number of para-hydroxylation sites is 1. The third kappa shape index (κ3) is 4.35. The minimum atomic E-state index is -0.106. The van der Waals surface area contributed by atoms with E-state index in [0.29, 0.717) is 12.5 Å². The summed E-state index contributed by atoms with van der Waals surface area (Å²) in [6.07, 6.45) is 1.12. The van der Waals surface area contributed by atoms with Crippen molar-refractivity contribution < 1.29 is 9.53 Å². The highest BCUT2D eigenvalue weighted by atomic mass is 32.2. The van der Waals surface area contributed by atoms with Gasteiger partial charge in [0.25, 0.3) is 0 Å². The van der Waals surface area contributed by atoms with Crippen LogP contribution >= 0.6 is 11.8 Å². The van der Waals surface area contributed by atoms with Gasteiger partial charge in [-0.3, -0.25) is 4.90 Å². The lowest BCUT2D eigenvalue weighted by Gasteiger charge is -2.43. The number of anilines is 1. The number of nitrogens with one attached hydrogen (secondary N) is 2. The highest BCUT2D eigenvalue weighted by Gasteiger charge is 2.40. The molecule has 5 nitrogen and oxygen atoms in total. The molecule has 26 heavy (non-hydrogen) atoms. The number of benzene rings is 1. The van der Waals surface area contributed by atoms with Crippen molar-refractivity contribution in [3.05, 3.63) is 29.3 Å². The molecule has 144 valence electrons. The van der Waals surface area contributed by atoms with Crippen LogP contribution in [0.3, 0.4) is 0 Å². The molecule has 2 amide bonds. The predicted octanol–water partition coefficient (Wildman–Crippen LogP) is 3.45. The second-order valence-electron chi connectivity index (χ2n) is 7.63. The summed E-state index contributed by atoms with van der Waals surface area (Å²) in [6, 6.07) is 6.09. The minimum Gasteiger partial charge on any atom is -0.379 e. The standard InChI is InChI=1S/C20H31N3O2S/c1-15(2)17-6-4-5-16(3)18(17)22-19(24)21-13-20(7-12-26-14-20)23-8-10-25-11-9-23/h4-6,15H,7-14H2,1-3H3,(H2,21,22,24). The van der Waals surface area contributed by atoms with Gasteiger partial charge in [-0.2, -0.15) is 11.8 Å². The van der Waals surface area contributed by atoms with Crippen LogP contribution in [0.4, 0.5) is 10.5 Å². The van der Waals surface area contributed by atoms with Gasteiger partial charge in [-0.05, 0) is 36.1 Å². The van der Waals surface area contributed by atoms with Gasteiger partial charge in [0.15, 0.2) is 0 Å². The molecule has 2 aliphatic heterocycles. The maximum atomic E-state index is 12.6. The van der Waals surface area contributed by atoms with Crippen molar-refractivity contribution in [1.29, 1.82) is 0 Å². The molecule has 3 rings (SSSR count). The zero-order valence-electron chi connectivity index (χ0n) is 16.1. The number of carbonyl (C=O) groups is 1. The van der Waals surface area contributed by atoms with Crippen molar-refractivity contribution in [3.8, 4) is 0 Å². The van der Waals surface area contributed by atoms with Crippen molar-refractivity contribution in [3.63, 3.8) is 0 Å². The Kier molecular flexibility index (Phi) is 6.48. The van der Waals surface area contributed by atoms with Crippen LogP contribution in [0.2, 0.25) is 0 Å². The first-order valence-corrected chi connectivity index (χ1v) is 10.7. The second kappa shape index (κ2) is 8.63. The largest absolute Gasteiger partial charge is 0.379 e. The van der Waals surface area contributed by atoms with E-state index in [1.807, 2.05) is 24.8 Å². The molecule has 2 N–H and O–H groups in total. The van der Waals surface area contributed by atoms with Gasteiger partial charge < -0.3 is 15.4 Å². The topological polar surface area (TPSA) is 53.6 Å². The van der Waals surface area contributed by atoms with Crippen LogP contribution in [0.25, 0.3) is 0 Å². The van der Waals surface area contributed by atoms with Gasteiger partial charge in [-0.15, -0.1) is 0 Å². The van der Waals surface area contributed by atoms with Crippen molar-refractivity contribution in [2.45, 2.75) is 38.6 Å². The maximum absolute atomic E-state index is 12.6. The highest BCUT2D eigenvalue weighted by Crippen LogP contribution is 2.33. The Labute approximate surface area is 161 Å². The number of ether oxygens (including phenoxy) is 1. The summed E-state index contributed by atoms with van der Waals surface area (Å²) in [6.45, 7) is 10.5. The zero-order chi connectivity index (χ0) is 18.6. The highest BCUT2D eigenvalue weighted by molar-refractivity contribution is 7.99. The first kappa shape index (κ1) is 19.5. The molecule has 2 aliphatic rings. The van der Waals surface area contributed by atoms with Crippen LogP contribution in [-0.2, 0) is 4.74 Å². The molecular weight excluding hydrogens is 346 g/mol. The van der Waals surface area contributed by atoms with Gasteiger partial charge in [0.2, 0.25) is 0 Å². The fraction of sp³-hybridized carbons (Fsp3) is 0.650. The third-order valence-corrected chi connectivity index (χ3v) is 6.74. The molecule has 0 aromatic heterocycles. The van der Waals surface area contributed by atoms with E-state index in [9.17, 15) is 4.79 Å². The Balaban J connectivity index is 1.65. The Morgan fingerprint density at radius 2 is 2.12 bits per heavy atom. The number of hydrogen-bond donors (Lipinski definition) is 2. The molecule has 6 heteroatoms. The molecule has 1 unspecified atom stereocenters. The Bertz CT molecular complexity index is 623. The molecule has 1 aromatic rings. The molecular formula is C20H31N3O2S. The molecule has 2 fully saturated rings. The maximum Gasteiger partial charge on any atom is 0.319 e. The number of urea groups is 1. The van der Waals surface area contributed by atoms with Crippen LogP contribution in [0.15, 0.2) is 18.2 Å². The van der Waals surface area contributed by atoms with Crippen molar-refractivity contribution in [2.24, 2.45) is 0 Å². The average Bonchev–Trinajstić information content (AvgIpc) is 3.12. The quantitative estimate of drug-likeness (QED) is 0.825. The fourth-order valence-corrected chi connectivity index (χ4v) is 5.36. The van der Waals surface area contributed by atoms with Gasteiger partial charge in [0, 0.05) is 36.6 Å². The lowest BCUT2D eigenvalue weighted by atomic mass is 9.95. The van der Waals surface area contributed by atoms with Crippen LogP contribution in [-0.4, -0.2) is 60.8 Å². The first-order chi connectivity index (χ1) is 12.5. The molecule has 0 bridgehead atoms. The predicted molar refractivity (Wildman–Crippen MR) is 109 cm³/mol. The second-order valence-corrected chi connectivity index (χ2v) is 8.73. The molecule has 0 radical (unpaired) electrons. The van der Waals surface area contributed by atoms with Crippen molar-refractivity contribution in [2.75, 3.05) is 49.7 Å². The SMILES string of the molecule is Cc1cccc(C(C)C)c1NC(=O)NCC1(N2CCOCC2)CCSC1. The average molecular weight is 378 g/mol. The summed E-state index contributed by atoms with van der Waals surface area (Å²) in [7, 11) is 0. The van der Waals surface area contributed by atoms with Gasteiger partial charge in [-0.1, -0.05) is 32.0 Å². The number of amides is 2. The van der Waals surface area contributed by atoms with E-state index in [1.165, 1.54) is 5.56 Å². The van der Waals surface area contributed by atoms with Gasteiger partial charge >= 0.3 is 6.03 Å². The molecule has 1 aromatic carbocycles. The van der Waals surface area contributed by atoms with Crippen LogP contribution in [0.1, 0.15) is 37.3 Å². The Morgan fingerprint density at radius 1 is 1.35 bits per heavy atom. The lowest BCUT2D eigenvalue weighted by Crippen LogP contribution is -2.59. The normalized spacial score (nSPS) is 24.0. The molecule has 2 heterocycles. The first-order valence-electron chi connectivity index (χ1n) is 9.57. The van der Waals surface area contributed by atoms with Crippen molar-refractivity contribution >= 4 is 23.5 Å². The lowest BCUT2D eigenvalue weighted by molar-refractivity contribution is -0.0123. The molecule has 0 saturated carbocycles. The number of aryl methyl sites for hydroxylation is 1.